The van der Waals surface area contributed by atoms with E-state index in [0.717, 1.165) is 44.1 Å². The molecule has 1 aliphatic rings. The summed E-state index contributed by atoms with van der Waals surface area (Å²) in [6, 6.07) is 9.04. The third-order valence-electron chi connectivity index (χ3n) is 6.45. The number of para-hydroxylation sites is 1. The fraction of sp³-hybridized carbons (Fsp3) is 0.500. The average Bonchev–Trinajstić information content (AvgIpc) is 3.17. The van der Waals surface area contributed by atoms with Crippen molar-refractivity contribution in [2.24, 2.45) is 0 Å². The first-order valence-electron chi connectivity index (χ1n) is 11.6. The molecule has 33 heavy (non-hydrogen) atoms. The highest BCUT2D eigenvalue weighted by atomic mass is 16.2. The first kappa shape index (κ1) is 23.1. The number of amides is 1. The molecule has 0 aliphatic carbocycles. The summed E-state index contributed by atoms with van der Waals surface area (Å²) < 4.78 is 3.11. The number of aryl methyl sites for hydroxylation is 2. The third kappa shape index (κ3) is 4.69. The van der Waals surface area contributed by atoms with E-state index in [9.17, 15) is 9.59 Å². The van der Waals surface area contributed by atoms with Gasteiger partial charge in [0.1, 0.15) is 11.6 Å². The van der Waals surface area contributed by atoms with Crippen LogP contribution >= 0.6 is 0 Å². The van der Waals surface area contributed by atoms with Gasteiger partial charge in [0, 0.05) is 39.3 Å². The molecule has 1 fully saturated rings. The zero-order valence-corrected chi connectivity index (χ0v) is 19.9. The highest BCUT2D eigenvalue weighted by Gasteiger charge is 2.25. The second kappa shape index (κ2) is 9.84. The summed E-state index contributed by atoms with van der Waals surface area (Å²) in [7, 11) is 2.12. The monoisotopic (exact) mass is 451 g/mol. The molecule has 0 bridgehead atoms. The van der Waals surface area contributed by atoms with Crippen molar-refractivity contribution in [1.29, 1.82) is 0 Å². The van der Waals surface area contributed by atoms with Gasteiger partial charge in [-0.25, -0.2) is 9.36 Å². The van der Waals surface area contributed by atoms with Crippen LogP contribution in [0.15, 0.2) is 35.1 Å². The minimum absolute atomic E-state index is 0.173. The number of benzene rings is 1. The van der Waals surface area contributed by atoms with Crippen molar-refractivity contribution in [2.75, 3.05) is 46.3 Å². The molecule has 4 rings (SSSR count). The van der Waals surface area contributed by atoms with Crippen LogP contribution in [0.4, 0.5) is 0 Å². The van der Waals surface area contributed by atoms with Crippen molar-refractivity contribution < 1.29 is 4.79 Å². The number of hydrogen-bond donors (Lipinski definition) is 1. The van der Waals surface area contributed by atoms with Crippen molar-refractivity contribution >= 4 is 16.8 Å². The number of rotatable bonds is 7. The maximum absolute atomic E-state index is 13.5. The molecule has 1 amide bonds. The van der Waals surface area contributed by atoms with Crippen LogP contribution in [0.1, 0.15) is 30.8 Å². The van der Waals surface area contributed by atoms with Crippen LogP contribution in [-0.2, 0) is 4.79 Å². The fourth-order valence-electron chi connectivity index (χ4n) is 4.41. The lowest BCUT2D eigenvalue weighted by Gasteiger charge is -2.32. The van der Waals surface area contributed by atoms with E-state index in [1.165, 1.54) is 4.68 Å². The molecule has 0 unspecified atom stereocenters. The summed E-state index contributed by atoms with van der Waals surface area (Å²) in [5.41, 5.74) is 2.54. The highest BCUT2D eigenvalue weighted by molar-refractivity contribution is 5.84. The minimum atomic E-state index is -0.660. The predicted molar refractivity (Wildman–Crippen MR) is 129 cm³/mol. The zero-order chi connectivity index (χ0) is 23.5. The summed E-state index contributed by atoms with van der Waals surface area (Å²) in [6.07, 6.45) is 0.476. The number of nitrogens with zero attached hydrogens (tertiary/aromatic N) is 6. The highest BCUT2D eigenvalue weighted by Crippen LogP contribution is 2.21. The van der Waals surface area contributed by atoms with Crippen molar-refractivity contribution in [2.45, 2.75) is 33.2 Å². The molecule has 176 valence electrons. The van der Waals surface area contributed by atoms with E-state index in [1.807, 2.05) is 51.1 Å². The maximum atomic E-state index is 13.5. The number of hydrogen-bond acceptors (Lipinski definition) is 6. The molecule has 1 N–H and O–H groups in total. The number of carbonyl (C=O) groups is 1. The summed E-state index contributed by atoms with van der Waals surface area (Å²) in [4.78, 5) is 31.1. The van der Waals surface area contributed by atoms with Gasteiger partial charge >= 0.3 is 0 Å². The van der Waals surface area contributed by atoms with E-state index in [1.54, 1.807) is 4.68 Å². The lowest BCUT2D eigenvalue weighted by atomic mass is 10.2. The van der Waals surface area contributed by atoms with Crippen LogP contribution in [0.2, 0.25) is 0 Å². The number of aromatic nitrogens is 4. The SMILES string of the molecule is CC[C@H](C(=O)NCCN1CCN(C)CC1)n1nc(C)c2nn(-c3ccccc3)c(C)c2c1=O. The van der Waals surface area contributed by atoms with E-state index in [4.69, 9.17) is 0 Å². The number of nitrogens with one attached hydrogen (secondary N) is 1. The van der Waals surface area contributed by atoms with Crippen molar-refractivity contribution in [1.82, 2.24) is 34.7 Å². The number of likely N-dealkylation sites (N-methyl/N-ethyl adjacent to an activating group) is 1. The second-order valence-electron chi connectivity index (χ2n) is 8.75. The Morgan fingerprint density at radius 1 is 1.09 bits per heavy atom. The molecule has 0 spiro atoms. The van der Waals surface area contributed by atoms with E-state index >= 15 is 0 Å². The summed E-state index contributed by atoms with van der Waals surface area (Å²) in [6.45, 7) is 11.1. The van der Waals surface area contributed by atoms with Gasteiger partial charge in [0.25, 0.3) is 5.56 Å². The fourth-order valence-corrected chi connectivity index (χ4v) is 4.41. The molecule has 9 nitrogen and oxygen atoms in total. The van der Waals surface area contributed by atoms with Gasteiger partial charge in [-0.2, -0.15) is 10.2 Å². The van der Waals surface area contributed by atoms with Gasteiger partial charge in [-0.15, -0.1) is 0 Å². The molecular weight excluding hydrogens is 418 g/mol. The Morgan fingerprint density at radius 3 is 2.45 bits per heavy atom. The van der Waals surface area contributed by atoms with Crippen LogP contribution in [0.5, 0.6) is 0 Å². The van der Waals surface area contributed by atoms with Gasteiger partial charge in [0.15, 0.2) is 0 Å². The van der Waals surface area contributed by atoms with Crippen LogP contribution in [0, 0.1) is 13.8 Å². The molecule has 2 aromatic heterocycles. The van der Waals surface area contributed by atoms with E-state index in [-0.39, 0.29) is 11.5 Å². The van der Waals surface area contributed by atoms with Crippen molar-refractivity contribution in [3.63, 3.8) is 0 Å². The Morgan fingerprint density at radius 2 is 1.79 bits per heavy atom. The Balaban J connectivity index is 1.57. The lowest BCUT2D eigenvalue weighted by molar-refractivity contribution is -0.124. The predicted octanol–water partition coefficient (Wildman–Crippen LogP) is 1.51. The van der Waals surface area contributed by atoms with E-state index < -0.39 is 6.04 Å². The van der Waals surface area contributed by atoms with E-state index in [2.05, 4.69) is 32.4 Å². The molecule has 1 aromatic carbocycles. The molecule has 3 aromatic rings. The normalized spacial score (nSPS) is 16.2. The number of piperazine rings is 1. The molecule has 1 atom stereocenters. The topological polar surface area (TPSA) is 88.3 Å². The zero-order valence-electron chi connectivity index (χ0n) is 19.9. The standard InChI is InChI=1S/C24H33N7O2/c1-5-20(23(32)25-11-12-29-15-13-28(4)14-16-29)31-24(33)21-18(3)30(19-9-7-6-8-10-19)27-22(21)17(2)26-31/h6-10,20H,5,11-16H2,1-4H3,(H,25,32)/t20-/m1/s1. The first-order valence-corrected chi connectivity index (χ1v) is 11.6. The molecule has 0 radical (unpaired) electrons. The summed E-state index contributed by atoms with van der Waals surface area (Å²) in [5, 5.41) is 12.7. The summed E-state index contributed by atoms with van der Waals surface area (Å²) in [5.74, 6) is -0.173. The smallest absolute Gasteiger partial charge is 0.278 e. The maximum Gasteiger partial charge on any atom is 0.278 e. The van der Waals surface area contributed by atoms with Gasteiger partial charge < -0.3 is 10.2 Å². The number of carbonyl (C=O) groups excluding carboxylic acids is 1. The quantitative estimate of drug-likeness (QED) is 0.586. The van der Waals surface area contributed by atoms with Gasteiger partial charge in [-0.1, -0.05) is 25.1 Å². The lowest BCUT2D eigenvalue weighted by Crippen LogP contribution is -2.47. The summed E-state index contributed by atoms with van der Waals surface area (Å²) >= 11 is 0. The molecule has 1 saturated heterocycles. The van der Waals surface area contributed by atoms with Crippen molar-refractivity contribution in [3.05, 3.63) is 52.1 Å². The Labute approximate surface area is 194 Å². The third-order valence-corrected chi connectivity index (χ3v) is 6.45. The van der Waals surface area contributed by atoms with E-state index in [0.29, 0.717) is 29.6 Å². The average molecular weight is 452 g/mol. The van der Waals surface area contributed by atoms with Crippen LogP contribution in [0.3, 0.4) is 0 Å². The van der Waals surface area contributed by atoms with Gasteiger partial charge in [-0.05, 0) is 39.4 Å². The molecule has 3 heterocycles. The molecule has 1 aliphatic heterocycles. The van der Waals surface area contributed by atoms with Gasteiger partial charge in [0.05, 0.1) is 22.5 Å². The Kier molecular flexibility index (Phi) is 6.90. The molecule has 0 saturated carbocycles. The minimum Gasteiger partial charge on any atom is -0.353 e. The van der Waals surface area contributed by atoms with Crippen molar-refractivity contribution in [3.8, 4) is 5.69 Å². The van der Waals surface area contributed by atoms with Gasteiger partial charge in [-0.3, -0.25) is 14.5 Å². The molecular formula is C24H33N7O2. The Hall–Kier alpha value is -3.04. The Bertz CT molecular complexity index is 1180. The molecule has 9 heteroatoms. The van der Waals surface area contributed by atoms with Gasteiger partial charge in [0.2, 0.25) is 5.91 Å². The number of fused-ring (bicyclic) bond motifs is 1. The van der Waals surface area contributed by atoms with Crippen LogP contribution in [0.25, 0.3) is 16.6 Å². The van der Waals surface area contributed by atoms with Crippen LogP contribution in [-0.4, -0.2) is 81.6 Å². The second-order valence-corrected chi connectivity index (χ2v) is 8.75. The largest absolute Gasteiger partial charge is 0.353 e. The first-order chi connectivity index (χ1) is 15.9. The van der Waals surface area contributed by atoms with Crippen LogP contribution < -0.4 is 10.9 Å².